The summed E-state index contributed by atoms with van der Waals surface area (Å²) in [6.07, 6.45) is 5.81. The first-order chi connectivity index (χ1) is 5.31. The van der Waals surface area contributed by atoms with Crippen molar-refractivity contribution in [3.8, 4) is 0 Å². The molecule has 0 saturated heterocycles. The van der Waals surface area contributed by atoms with Gasteiger partial charge in [0.2, 0.25) is 0 Å². The average molecular weight is 161 g/mol. The molecule has 0 aliphatic heterocycles. The van der Waals surface area contributed by atoms with Crippen LogP contribution in [0, 0.1) is 0 Å². The monoisotopic (exact) mass is 161 g/mol. The van der Waals surface area contributed by atoms with E-state index in [1.54, 1.807) is 0 Å². The maximum absolute atomic E-state index is 12.5. The van der Waals surface area contributed by atoms with Crippen LogP contribution >= 0.6 is 0 Å². The predicted molar refractivity (Wildman–Crippen MR) is 47.3 cm³/mol. The van der Waals surface area contributed by atoms with Gasteiger partial charge in [-0.3, -0.25) is 0 Å². The summed E-state index contributed by atoms with van der Waals surface area (Å²) in [6.45, 7) is 2.37. The van der Waals surface area contributed by atoms with Crippen LogP contribution in [0.2, 0.25) is 0 Å². The van der Waals surface area contributed by atoms with Crippen molar-refractivity contribution in [1.82, 2.24) is 0 Å². The highest BCUT2D eigenvalue weighted by Gasteiger charge is 2.01. The van der Waals surface area contributed by atoms with Gasteiger partial charge < -0.3 is 5.73 Å². The Hall–Kier alpha value is -0.110. The van der Waals surface area contributed by atoms with Crippen LogP contribution in [0.4, 0.5) is 4.39 Å². The zero-order valence-corrected chi connectivity index (χ0v) is 7.48. The van der Waals surface area contributed by atoms with Crippen molar-refractivity contribution in [2.24, 2.45) is 5.73 Å². The summed E-state index contributed by atoms with van der Waals surface area (Å²) in [5.74, 6) is 0. The molecule has 0 amide bonds. The Balaban J connectivity index is 2.89. The minimum Gasteiger partial charge on any atom is -0.328 e. The third kappa shape index (κ3) is 7.79. The average Bonchev–Trinajstić information content (AvgIpc) is 2.04. The second-order valence-electron chi connectivity index (χ2n) is 3.04. The summed E-state index contributed by atoms with van der Waals surface area (Å²) >= 11 is 0. The zero-order chi connectivity index (χ0) is 8.53. The van der Waals surface area contributed by atoms with E-state index in [1.807, 2.05) is 0 Å². The van der Waals surface area contributed by atoms with Crippen LogP contribution in [0.1, 0.15) is 45.4 Å². The van der Waals surface area contributed by atoms with Gasteiger partial charge in [-0.1, -0.05) is 39.0 Å². The van der Waals surface area contributed by atoms with Crippen LogP contribution < -0.4 is 5.73 Å². The highest BCUT2D eigenvalue weighted by Crippen LogP contribution is 2.08. The van der Waals surface area contributed by atoms with E-state index < -0.39 is 6.17 Å². The molecular weight excluding hydrogens is 141 g/mol. The van der Waals surface area contributed by atoms with Gasteiger partial charge in [-0.2, -0.15) is 0 Å². The summed E-state index contributed by atoms with van der Waals surface area (Å²) < 4.78 is 12.5. The van der Waals surface area contributed by atoms with Crippen LogP contribution in [0.15, 0.2) is 0 Å². The van der Waals surface area contributed by atoms with Crippen molar-refractivity contribution < 1.29 is 4.39 Å². The van der Waals surface area contributed by atoms with Crippen LogP contribution in [0.3, 0.4) is 0 Å². The van der Waals surface area contributed by atoms with Gasteiger partial charge in [0.1, 0.15) is 6.17 Å². The van der Waals surface area contributed by atoms with E-state index in [2.05, 4.69) is 6.92 Å². The van der Waals surface area contributed by atoms with Gasteiger partial charge in [0.05, 0.1) is 0 Å². The van der Waals surface area contributed by atoms with E-state index in [0.717, 1.165) is 12.8 Å². The van der Waals surface area contributed by atoms with Crippen LogP contribution in [-0.2, 0) is 0 Å². The third-order valence-electron chi connectivity index (χ3n) is 1.88. The quantitative estimate of drug-likeness (QED) is 0.571. The van der Waals surface area contributed by atoms with Crippen molar-refractivity contribution in [3.63, 3.8) is 0 Å². The molecule has 68 valence electrons. The second-order valence-corrected chi connectivity index (χ2v) is 3.04. The zero-order valence-electron chi connectivity index (χ0n) is 7.48. The smallest absolute Gasteiger partial charge is 0.112 e. The van der Waals surface area contributed by atoms with Crippen molar-refractivity contribution in [1.29, 1.82) is 0 Å². The molecule has 0 fully saturated rings. The SMILES string of the molecule is CCCCCCCC(F)CN. The molecule has 0 heterocycles. The Morgan fingerprint density at radius 2 is 1.82 bits per heavy atom. The molecule has 0 aliphatic carbocycles. The molecule has 11 heavy (non-hydrogen) atoms. The fourth-order valence-corrected chi connectivity index (χ4v) is 1.09. The van der Waals surface area contributed by atoms with Gasteiger partial charge >= 0.3 is 0 Å². The molecule has 0 bridgehead atoms. The van der Waals surface area contributed by atoms with Gasteiger partial charge in [0, 0.05) is 6.54 Å². The molecule has 0 radical (unpaired) electrons. The first kappa shape index (κ1) is 10.9. The number of hydrogen-bond donors (Lipinski definition) is 1. The molecule has 0 aliphatic rings. The topological polar surface area (TPSA) is 26.0 Å². The van der Waals surface area contributed by atoms with Gasteiger partial charge in [0.25, 0.3) is 0 Å². The molecule has 0 spiro atoms. The number of unbranched alkanes of at least 4 members (excludes halogenated alkanes) is 4. The lowest BCUT2D eigenvalue weighted by atomic mass is 10.1. The summed E-state index contributed by atoms with van der Waals surface area (Å²) in [5.41, 5.74) is 5.14. The maximum Gasteiger partial charge on any atom is 0.112 e. The first-order valence-electron chi connectivity index (χ1n) is 4.65. The van der Waals surface area contributed by atoms with Crippen molar-refractivity contribution in [2.75, 3.05) is 6.54 Å². The van der Waals surface area contributed by atoms with E-state index in [-0.39, 0.29) is 6.54 Å². The summed E-state index contributed by atoms with van der Waals surface area (Å²) in [7, 11) is 0. The molecule has 0 aromatic heterocycles. The second kappa shape index (κ2) is 7.99. The largest absolute Gasteiger partial charge is 0.328 e. The van der Waals surface area contributed by atoms with Gasteiger partial charge in [-0.05, 0) is 6.42 Å². The molecule has 2 heteroatoms. The number of alkyl halides is 1. The summed E-state index contributed by atoms with van der Waals surface area (Å²) in [4.78, 5) is 0. The Bertz CT molecular complexity index is 76.0. The lowest BCUT2D eigenvalue weighted by Gasteiger charge is -2.03. The van der Waals surface area contributed by atoms with Crippen LogP contribution in [-0.4, -0.2) is 12.7 Å². The fraction of sp³-hybridized carbons (Fsp3) is 1.00. The minimum atomic E-state index is -0.767. The van der Waals surface area contributed by atoms with E-state index in [1.165, 1.54) is 19.3 Å². The fourth-order valence-electron chi connectivity index (χ4n) is 1.09. The number of rotatable bonds is 7. The van der Waals surface area contributed by atoms with E-state index >= 15 is 0 Å². The third-order valence-corrected chi connectivity index (χ3v) is 1.88. The Morgan fingerprint density at radius 1 is 1.18 bits per heavy atom. The highest BCUT2D eigenvalue weighted by molar-refractivity contribution is 4.55. The Labute approximate surface area is 69.2 Å². The molecule has 0 aromatic rings. The van der Waals surface area contributed by atoms with Gasteiger partial charge in [-0.25, -0.2) is 4.39 Å². The van der Waals surface area contributed by atoms with Crippen molar-refractivity contribution in [2.45, 2.75) is 51.6 Å². The number of hydrogen-bond acceptors (Lipinski definition) is 1. The van der Waals surface area contributed by atoms with Crippen LogP contribution in [0.25, 0.3) is 0 Å². The predicted octanol–water partition coefficient (Wildman–Crippen LogP) is 2.64. The number of halogens is 1. The maximum atomic E-state index is 12.5. The molecule has 2 N–H and O–H groups in total. The number of nitrogens with two attached hydrogens (primary N) is 1. The molecule has 1 nitrogen and oxygen atoms in total. The first-order valence-corrected chi connectivity index (χ1v) is 4.65. The molecule has 0 saturated carbocycles. The Morgan fingerprint density at radius 3 is 2.36 bits per heavy atom. The Kier molecular flexibility index (Phi) is 7.91. The van der Waals surface area contributed by atoms with Crippen molar-refractivity contribution >= 4 is 0 Å². The van der Waals surface area contributed by atoms with E-state index in [0.29, 0.717) is 6.42 Å². The summed E-state index contributed by atoms with van der Waals surface area (Å²) in [5, 5.41) is 0. The molecule has 0 aromatic carbocycles. The van der Waals surface area contributed by atoms with E-state index in [9.17, 15) is 4.39 Å². The van der Waals surface area contributed by atoms with Crippen molar-refractivity contribution in [3.05, 3.63) is 0 Å². The minimum absolute atomic E-state index is 0.188. The molecular formula is C9H20FN. The molecule has 1 atom stereocenters. The molecule has 0 rings (SSSR count). The highest BCUT2D eigenvalue weighted by atomic mass is 19.1. The van der Waals surface area contributed by atoms with Gasteiger partial charge in [-0.15, -0.1) is 0 Å². The molecule has 1 unspecified atom stereocenters. The van der Waals surface area contributed by atoms with Crippen LogP contribution in [0.5, 0.6) is 0 Å². The van der Waals surface area contributed by atoms with E-state index in [4.69, 9.17) is 5.73 Å². The normalized spacial score (nSPS) is 13.4. The lowest BCUT2D eigenvalue weighted by Crippen LogP contribution is -2.14. The standard InChI is InChI=1S/C9H20FN/c1-2-3-4-5-6-7-9(10)8-11/h9H,2-8,11H2,1H3. The lowest BCUT2D eigenvalue weighted by molar-refractivity contribution is 0.312. The summed E-state index contributed by atoms with van der Waals surface area (Å²) in [6, 6.07) is 0. The van der Waals surface area contributed by atoms with Gasteiger partial charge in [0.15, 0.2) is 0 Å².